The van der Waals surface area contributed by atoms with Crippen LogP contribution in [0.25, 0.3) is 5.65 Å². The van der Waals surface area contributed by atoms with E-state index in [-0.39, 0.29) is 5.82 Å². The van der Waals surface area contributed by atoms with E-state index < -0.39 is 0 Å². The molecule has 0 bridgehead atoms. The summed E-state index contributed by atoms with van der Waals surface area (Å²) >= 11 is 0. The average Bonchev–Trinajstić information content (AvgIpc) is 2.48. The fourth-order valence-electron chi connectivity index (χ4n) is 1.08. The molecule has 0 unspecified atom stereocenters. The van der Waals surface area contributed by atoms with E-state index in [4.69, 9.17) is 0 Å². The molecule has 0 aliphatic carbocycles. The van der Waals surface area contributed by atoms with Crippen molar-refractivity contribution in [1.29, 1.82) is 0 Å². The summed E-state index contributed by atoms with van der Waals surface area (Å²) in [6, 6.07) is 2.82. The maximum Gasteiger partial charge on any atom is 0.139 e. The van der Waals surface area contributed by atoms with E-state index in [2.05, 4.69) is 4.98 Å². The zero-order chi connectivity index (χ0) is 9.84. The van der Waals surface area contributed by atoms with Crippen LogP contribution in [-0.4, -0.2) is 9.38 Å². The highest BCUT2D eigenvalue weighted by molar-refractivity contribution is 5.39. The van der Waals surface area contributed by atoms with Crippen molar-refractivity contribution < 1.29 is 4.39 Å². The summed E-state index contributed by atoms with van der Waals surface area (Å²) in [5.74, 6) is -0.247. The number of pyridine rings is 1. The third kappa shape index (κ3) is 2.05. The quantitative estimate of drug-likeness (QED) is 0.609. The van der Waals surface area contributed by atoms with E-state index in [9.17, 15) is 4.39 Å². The van der Waals surface area contributed by atoms with Crippen molar-refractivity contribution in [2.75, 3.05) is 0 Å². The summed E-state index contributed by atoms with van der Waals surface area (Å²) < 4.78 is 14.4. The first-order valence-electron chi connectivity index (χ1n) is 4.36. The van der Waals surface area contributed by atoms with Gasteiger partial charge in [0, 0.05) is 18.5 Å². The van der Waals surface area contributed by atoms with Crippen molar-refractivity contribution in [3.63, 3.8) is 0 Å². The van der Waals surface area contributed by atoms with Crippen LogP contribution in [0.15, 0.2) is 24.5 Å². The van der Waals surface area contributed by atoms with Gasteiger partial charge in [0.2, 0.25) is 0 Å². The number of nitrogens with zero attached hydrogens (tertiary/aromatic N) is 2. The minimum atomic E-state index is -0.247. The summed E-state index contributed by atoms with van der Waals surface area (Å²) in [4.78, 5) is 4.10. The van der Waals surface area contributed by atoms with E-state index in [1.54, 1.807) is 10.6 Å². The molecule has 0 radical (unpaired) electrons. The topological polar surface area (TPSA) is 17.3 Å². The lowest BCUT2D eigenvalue weighted by Gasteiger charge is -1.90. The highest BCUT2D eigenvalue weighted by Gasteiger charge is 1.97. The second kappa shape index (κ2) is 4.03. The van der Waals surface area contributed by atoms with E-state index in [0.717, 1.165) is 5.69 Å². The number of aryl methyl sites for hydroxylation is 1. The van der Waals surface area contributed by atoms with Crippen LogP contribution in [0.4, 0.5) is 4.39 Å². The van der Waals surface area contributed by atoms with Gasteiger partial charge in [-0.25, -0.2) is 9.37 Å². The molecule has 0 amide bonds. The molecule has 0 aliphatic rings. The Hall–Kier alpha value is -1.38. The Kier molecular flexibility index (Phi) is 3.01. The molecule has 0 aliphatic heterocycles. The molecule has 0 fully saturated rings. The molecule has 3 heteroatoms. The molecule has 2 aromatic rings. The first-order valence-corrected chi connectivity index (χ1v) is 4.36. The Morgan fingerprint density at radius 1 is 1.38 bits per heavy atom. The van der Waals surface area contributed by atoms with Gasteiger partial charge < -0.3 is 4.40 Å². The van der Waals surface area contributed by atoms with Gasteiger partial charge in [-0.2, -0.15) is 0 Å². The van der Waals surface area contributed by atoms with E-state index in [1.807, 2.05) is 27.0 Å². The number of hydrogen-bond acceptors (Lipinski definition) is 1. The fourth-order valence-corrected chi connectivity index (χ4v) is 1.08. The maximum atomic E-state index is 12.6. The summed E-state index contributed by atoms with van der Waals surface area (Å²) in [6.45, 7) is 5.88. The van der Waals surface area contributed by atoms with Crippen molar-refractivity contribution in [2.24, 2.45) is 0 Å². The molecule has 0 saturated heterocycles. The Morgan fingerprint density at radius 3 is 2.77 bits per heavy atom. The van der Waals surface area contributed by atoms with Crippen molar-refractivity contribution in [1.82, 2.24) is 9.38 Å². The van der Waals surface area contributed by atoms with Gasteiger partial charge in [-0.1, -0.05) is 13.8 Å². The minimum absolute atomic E-state index is 0.247. The van der Waals surface area contributed by atoms with Crippen LogP contribution < -0.4 is 0 Å². The van der Waals surface area contributed by atoms with Gasteiger partial charge in [0.25, 0.3) is 0 Å². The Balaban J connectivity index is 0.000000396. The van der Waals surface area contributed by atoms with Gasteiger partial charge >= 0.3 is 0 Å². The molecule has 0 spiro atoms. The second-order valence-electron chi connectivity index (χ2n) is 2.49. The number of rotatable bonds is 0. The van der Waals surface area contributed by atoms with Crippen LogP contribution in [-0.2, 0) is 0 Å². The number of aromatic nitrogens is 2. The summed E-state index contributed by atoms with van der Waals surface area (Å²) in [5.41, 5.74) is 1.55. The molecule has 0 atom stereocenters. The van der Waals surface area contributed by atoms with Crippen LogP contribution in [0.2, 0.25) is 0 Å². The number of imidazole rings is 1. The molecule has 2 rings (SSSR count). The molecule has 70 valence electrons. The third-order valence-corrected chi connectivity index (χ3v) is 1.54. The van der Waals surface area contributed by atoms with Gasteiger partial charge in [-0.05, 0) is 13.0 Å². The zero-order valence-corrected chi connectivity index (χ0v) is 8.08. The Bertz CT molecular complexity index is 393. The standard InChI is InChI=1S/C8H7FN2.C2H6/c1-6-5-11-3-2-7(9)4-8(11)10-6;1-2/h2-5H,1H3;1-2H3. The van der Waals surface area contributed by atoms with Gasteiger partial charge in [0.1, 0.15) is 11.5 Å². The highest BCUT2D eigenvalue weighted by Crippen LogP contribution is 2.05. The Morgan fingerprint density at radius 2 is 2.08 bits per heavy atom. The lowest BCUT2D eigenvalue weighted by atomic mass is 10.4. The van der Waals surface area contributed by atoms with Crippen molar-refractivity contribution in [3.05, 3.63) is 36.0 Å². The van der Waals surface area contributed by atoms with Crippen LogP contribution in [0.1, 0.15) is 19.5 Å². The summed E-state index contributed by atoms with van der Waals surface area (Å²) in [6.07, 6.45) is 3.51. The molecule has 13 heavy (non-hydrogen) atoms. The van der Waals surface area contributed by atoms with Gasteiger partial charge in [0.05, 0.1) is 5.69 Å². The number of fused-ring (bicyclic) bond motifs is 1. The third-order valence-electron chi connectivity index (χ3n) is 1.54. The first kappa shape index (κ1) is 9.71. The molecule has 2 heterocycles. The number of halogens is 1. The lowest BCUT2D eigenvalue weighted by molar-refractivity contribution is 0.626. The largest absolute Gasteiger partial charge is 0.307 e. The van der Waals surface area contributed by atoms with Gasteiger partial charge in [-0.15, -0.1) is 0 Å². The molecular weight excluding hydrogens is 167 g/mol. The molecular formula is C10H13FN2. The van der Waals surface area contributed by atoms with E-state index in [0.29, 0.717) is 5.65 Å². The maximum absolute atomic E-state index is 12.6. The molecule has 2 aromatic heterocycles. The van der Waals surface area contributed by atoms with E-state index in [1.165, 1.54) is 12.1 Å². The smallest absolute Gasteiger partial charge is 0.139 e. The van der Waals surface area contributed by atoms with Crippen LogP contribution in [0.3, 0.4) is 0 Å². The predicted octanol–water partition coefficient (Wildman–Crippen LogP) is 2.81. The van der Waals surface area contributed by atoms with Crippen molar-refractivity contribution >= 4 is 5.65 Å². The molecule has 2 nitrogen and oxygen atoms in total. The fraction of sp³-hybridized carbons (Fsp3) is 0.300. The monoisotopic (exact) mass is 180 g/mol. The molecule has 0 N–H and O–H groups in total. The number of hydrogen-bond donors (Lipinski definition) is 0. The highest BCUT2D eigenvalue weighted by atomic mass is 19.1. The second-order valence-corrected chi connectivity index (χ2v) is 2.49. The zero-order valence-electron chi connectivity index (χ0n) is 8.08. The normalized spacial score (nSPS) is 9.54. The van der Waals surface area contributed by atoms with E-state index >= 15 is 0 Å². The SMILES string of the molecule is CC.Cc1cn2ccc(F)cc2n1. The first-order chi connectivity index (χ1) is 6.25. The van der Waals surface area contributed by atoms with Crippen LogP contribution in [0, 0.1) is 12.7 Å². The minimum Gasteiger partial charge on any atom is -0.307 e. The van der Waals surface area contributed by atoms with Gasteiger partial charge in [0.15, 0.2) is 0 Å². The average molecular weight is 180 g/mol. The Labute approximate surface area is 77.0 Å². The van der Waals surface area contributed by atoms with Crippen LogP contribution in [0.5, 0.6) is 0 Å². The van der Waals surface area contributed by atoms with Crippen LogP contribution >= 0.6 is 0 Å². The molecule has 0 aromatic carbocycles. The summed E-state index contributed by atoms with van der Waals surface area (Å²) in [7, 11) is 0. The summed E-state index contributed by atoms with van der Waals surface area (Å²) in [5, 5.41) is 0. The van der Waals surface area contributed by atoms with Crippen molar-refractivity contribution in [3.8, 4) is 0 Å². The lowest BCUT2D eigenvalue weighted by Crippen LogP contribution is -1.82. The van der Waals surface area contributed by atoms with Gasteiger partial charge in [-0.3, -0.25) is 0 Å². The predicted molar refractivity (Wildman–Crippen MR) is 51.2 cm³/mol. The molecule has 0 saturated carbocycles. The van der Waals surface area contributed by atoms with Crippen molar-refractivity contribution in [2.45, 2.75) is 20.8 Å².